The molecule has 2 heterocycles. The fraction of sp³-hybridized carbons (Fsp3) is 0.692. The van der Waals surface area contributed by atoms with Crippen molar-refractivity contribution >= 4 is 11.8 Å². The molecule has 1 fully saturated rings. The molecule has 5 heteroatoms. The molecule has 1 aliphatic rings. The van der Waals surface area contributed by atoms with Gasteiger partial charge in [-0.25, -0.2) is 4.98 Å². The SMILES string of the molecule is CCc1cnc(N)nc1N1CCC[C@](O)(CC)C1. The van der Waals surface area contributed by atoms with Crippen molar-refractivity contribution in [3.63, 3.8) is 0 Å². The zero-order valence-electron chi connectivity index (χ0n) is 11.2. The Labute approximate surface area is 108 Å². The number of hydrogen-bond donors (Lipinski definition) is 2. The third kappa shape index (κ3) is 2.56. The van der Waals surface area contributed by atoms with Crippen molar-refractivity contribution in [3.8, 4) is 0 Å². The van der Waals surface area contributed by atoms with Crippen molar-refractivity contribution in [2.45, 2.75) is 45.1 Å². The summed E-state index contributed by atoms with van der Waals surface area (Å²) < 4.78 is 0. The Kier molecular flexibility index (Phi) is 3.71. The van der Waals surface area contributed by atoms with Crippen LogP contribution in [0.3, 0.4) is 0 Å². The van der Waals surface area contributed by atoms with E-state index in [2.05, 4.69) is 21.8 Å². The summed E-state index contributed by atoms with van der Waals surface area (Å²) in [5.41, 5.74) is 6.17. The van der Waals surface area contributed by atoms with Crippen molar-refractivity contribution in [2.24, 2.45) is 0 Å². The molecule has 1 aromatic rings. The molecule has 100 valence electrons. The summed E-state index contributed by atoms with van der Waals surface area (Å²) in [7, 11) is 0. The summed E-state index contributed by atoms with van der Waals surface area (Å²) in [5.74, 6) is 1.18. The lowest BCUT2D eigenvalue weighted by molar-refractivity contribution is 0.0221. The van der Waals surface area contributed by atoms with Crippen LogP contribution in [0.1, 0.15) is 38.7 Å². The molecule has 0 bridgehead atoms. The second-order valence-electron chi connectivity index (χ2n) is 5.03. The minimum absolute atomic E-state index is 0.299. The van der Waals surface area contributed by atoms with Crippen molar-refractivity contribution in [3.05, 3.63) is 11.8 Å². The number of aliphatic hydroxyl groups is 1. The van der Waals surface area contributed by atoms with Gasteiger partial charge >= 0.3 is 0 Å². The zero-order chi connectivity index (χ0) is 13.2. The summed E-state index contributed by atoms with van der Waals surface area (Å²) in [6.07, 6.45) is 5.28. The highest BCUT2D eigenvalue weighted by molar-refractivity contribution is 5.49. The zero-order valence-corrected chi connectivity index (χ0v) is 11.2. The summed E-state index contributed by atoms with van der Waals surface area (Å²) in [6.45, 7) is 5.66. The second kappa shape index (κ2) is 5.10. The Morgan fingerprint density at radius 1 is 1.50 bits per heavy atom. The molecule has 0 unspecified atom stereocenters. The van der Waals surface area contributed by atoms with E-state index < -0.39 is 5.60 Å². The quantitative estimate of drug-likeness (QED) is 0.847. The number of nitrogens with zero attached hydrogens (tertiary/aromatic N) is 3. The number of β-amino-alcohol motifs (C(OH)–C–C–N with tert-alkyl or cyclic N) is 1. The van der Waals surface area contributed by atoms with E-state index in [0.29, 0.717) is 12.5 Å². The molecule has 1 saturated heterocycles. The fourth-order valence-corrected chi connectivity index (χ4v) is 2.52. The van der Waals surface area contributed by atoms with Crippen LogP contribution in [0.4, 0.5) is 11.8 Å². The van der Waals surface area contributed by atoms with Crippen LogP contribution in [0, 0.1) is 0 Å². The Bertz CT molecular complexity index is 423. The van der Waals surface area contributed by atoms with Gasteiger partial charge in [-0.2, -0.15) is 4.98 Å². The predicted octanol–water partition coefficient (Wildman–Crippen LogP) is 1.36. The largest absolute Gasteiger partial charge is 0.388 e. The molecule has 0 saturated carbocycles. The third-order valence-corrected chi connectivity index (χ3v) is 3.75. The highest BCUT2D eigenvalue weighted by Gasteiger charge is 2.32. The summed E-state index contributed by atoms with van der Waals surface area (Å²) in [6, 6.07) is 0. The average Bonchev–Trinajstić information content (AvgIpc) is 2.39. The smallest absolute Gasteiger partial charge is 0.221 e. The Morgan fingerprint density at radius 3 is 2.94 bits per heavy atom. The van der Waals surface area contributed by atoms with Gasteiger partial charge in [-0.1, -0.05) is 13.8 Å². The number of anilines is 2. The van der Waals surface area contributed by atoms with Crippen LogP contribution in [0.5, 0.6) is 0 Å². The van der Waals surface area contributed by atoms with E-state index in [4.69, 9.17) is 5.73 Å². The lowest BCUT2D eigenvalue weighted by Gasteiger charge is -2.40. The number of piperidine rings is 1. The van der Waals surface area contributed by atoms with Gasteiger partial charge in [-0.05, 0) is 25.7 Å². The molecule has 0 spiro atoms. The van der Waals surface area contributed by atoms with Crippen molar-refractivity contribution in [1.29, 1.82) is 0 Å². The minimum atomic E-state index is -0.594. The maximum Gasteiger partial charge on any atom is 0.221 e. The molecule has 2 rings (SSSR count). The van der Waals surface area contributed by atoms with E-state index in [1.807, 2.05) is 6.92 Å². The van der Waals surface area contributed by atoms with Gasteiger partial charge in [0.15, 0.2) is 0 Å². The molecule has 0 aliphatic carbocycles. The lowest BCUT2D eigenvalue weighted by Crippen LogP contribution is -2.48. The Morgan fingerprint density at radius 2 is 2.28 bits per heavy atom. The van der Waals surface area contributed by atoms with Gasteiger partial charge in [0.2, 0.25) is 5.95 Å². The van der Waals surface area contributed by atoms with Gasteiger partial charge in [0.1, 0.15) is 5.82 Å². The van der Waals surface area contributed by atoms with Crippen molar-refractivity contribution < 1.29 is 5.11 Å². The number of nitrogens with two attached hydrogens (primary N) is 1. The summed E-state index contributed by atoms with van der Waals surface area (Å²) in [4.78, 5) is 10.5. The number of hydrogen-bond acceptors (Lipinski definition) is 5. The average molecular weight is 250 g/mol. The number of rotatable bonds is 3. The van der Waals surface area contributed by atoms with Crippen LogP contribution in [0.15, 0.2) is 6.20 Å². The molecule has 1 atom stereocenters. The van der Waals surface area contributed by atoms with E-state index in [-0.39, 0.29) is 0 Å². The van der Waals surface area contributed by atoms with Gasteiger partial charge in [0, 0.05) is 24.8 Å². The molecule has 5 nitrogen and oxygen atoms in total. The highest BCUT2D eigenvalue weighted by Crippen LogP contribution is 2.29. The first-order chi connectivity index (χ1) is 8.58. The summed E-state index contributed by atoms with van der Waals surface area (Å²) >= 11 is 0. The minimum Gasteiger partial charge on any atom is -0.388 e. The molecular formula is C13H22N4O. The Balaban J connectivity index is 2.28. The van der Waals surface area contributed by atoms with E-state index in [9.17, 15) is 5.11 Å². The fourth-order valence-electron chi connectivity index (χ4n) is 2.52. The molecule has 0 radical (unpaired) electrons. The van der Waals surface area contributed by atoms with Crippen LogP contribution in [-0.2, 0) is 6.42 Å². The number of aryl methyl sites for hydroxylation is 1. The predicted molar refractivity (Wildman–Crippen MR) is 72.5 cm³/mol. The first-order valence-electron chi connectivity index (χ1n) is 6.66. The molecule has 1 aromatic heterocycles. The highest BCUT2D eigenvalue weighted by atomic mass is 16.3. The van der Waals surface area contributed by atoms with Gasteiger partial charge < -0.3 is 15.7 Å². The van der Waals surface area contributed by atoms with Gasteiger partial charge in [0.25, 0.3) is 0 Å². The van der Waals surface area contributed by atoms with E-state index in [0.717, 1.165) is 43.6 Å². The van der Waals surface area contributed by atoms with Crippen LogP contribution in [0.25, 0.3) is 0 Å². The molecule has 0 aromatic carbocycles. The molecule has 0 amide bonds. The lowest BCUT2D eigenvalue weighted by atomic mass is 9.90. The maximum absolute atomic E-state index is 10.4. The van der Waals surface area contributed by atoms with E-state index in [1.54, 1.807) is 6.20 Å². The van der Waals surface area contributed by atoms with Crippen LogP contribution >= 0.6 is 0 Å². The topological polar surface area (TPSA) is 75.3 Å². The standard InChI is InChI=1S/C13H22N4O/c1-3-10-8-15-12(14)16-11(10)17-7-5-6-13(18,4-2)9-17/h8,18H,3-7,9H2,1-2H3,(H2,14,15,16)/t13-/m1/s1. The van der Waals surface area contributed by atoms with E-state index >= 15 is 0 Å². The van der Waals surface area contributed by atoms with Gasteiger partial charge in [-0.15, -0.1) is 0 Å². The van der Waals surface area contributed by atoms with Crippen molar-refractivity contribution in [2.75, 3.05) is 23.7 Å². The number of nitrogen functional groups attached to an aromatic ring is 1. The second-order valence-corrected chi connectivity index (χ2v) is 5.03. The van der Waals surface area contributed by atoms with Crippen LogP contribution in [0.2, 0.25) is 0 Å². The Hall–Kier alpha value is -1.36. The molecule has 3 N–H and O–H groups in total. The monoisotopic (exact) mass is 250 g/mol. The first kappa shape index (κ1) is 13.1. The van der Waals surface area contributed by atoms with E-state index in [1.165, 1.54) is 0 Å². The third-order valence-electron chi connectivity index (χ3n) is 3.75. The summed E-state index contributed by atoms with van der Waals surface area (Å²) in [5, 5.41) is 10.4. The van der Waals surface area contributed by atoms with Gasteiger partial charge in [-0.3, -0.25) is 0 Å². The van der Waals surface area contributed by atoms with Gasteiger partial charge in [0.05, 0.1) is 5.60 Å². The van der Waals surface area contributed by atoms with Crippen LogP contribution < -0.4 is 10.6 Å². The van der Waals surface area contributed by atoms with Crippen LogP contribution in [-0.4, -0.2) is 33.8 Å². The normalized spacial score (nSPS) is 24.3. The molecule has 1 aliphatic heterocycles. The first-order valence-corrected chi connectivity index (χ1v) is 6.66. The maximum atomic E-state index is 10.4. The van der Waals surface area contributed by atoms with Crippen molar-refractivity contribution in [1.82, 2.24) is 9.97 Å². The molecule has 18 heavy (non-hydrogen) atoms. The molecular weight excluding hydrogens is 228 g/mol. The number of aromatic nitrogens is 2.